The first-order valence-electron chi connectivity index (χ1n) is 17.3. The third-order valence-corrected chi connectivity index (χ3v) is 11.7. The van der Waals surface area contributed by atoms with Crippen molar-refractivity contribution < 1.29 is 18.6 Å². The Morgan fingerprint density at radius 1 is 1.02 bits per heavy atom. The Hall–Kier alpha value is -4.04. The zero-order chi connectivity index (χ0) is 32.6. The summed E-state index contributed by atoms with van der Waals surface area (Å²) in [5.41, 5.74) is 0.896. The minimum Gasteiger partial charge on any atom is -0.508 e. The fourth-order valence-corrected chi connectivity index (χ4v) is 8.65. The predicted octanol–water partition coefficient (Wildman–Crippen LogP) is 5.20. The molecule has 8 nitrogen and oxygen atoms in total. The lowest BCUT2D eigenvalue weighted by Crippen LogP contribution is -2.58. The van der Waals surface area contributed by atoms with E-state index in [2.05, 4.69) is 31.3 Å². The van der Waals surface area contributed by atoms with Gasteiger partial charge in [0.05, 0.1) is 12.2 Å². The molecule has 4 saturated heterocycles. The number of fused-ring (bicyclic) bond motifs is 4. The van der Waals surface area contributed by atoms with Crippen LogP contribution in [0.15, 0.2) is 36.4 Å². The van der Waals surface area contributed by atoms with Crippen molar-refractivity contribution in [1.82, 2.24) is 25.5 Å². The quantitative estimate of drug-likeness (QED) is 0.236. The van der Waals surface area contributed by atoms with Crippen molar-refractivity contribution in [1.29, 1.82) is 0 Å². The number of hydrogen-bond donors (Lipinski definition) is 3. The summed E-state index contributed by atoms with van der Waals surface area (Å²) in [5, 5.41) is 19.1. The van der Waals surface area contributed by atoms with E-state index in [1.54, 1.807) is 24.3 Å². The van der Waals surface area contributed by atoms with E-state index >= 15 is 8.78 Å². The van der Waals surface area contributed by atoms with Gasteiger partial charge in [-0.05, 0) is 86.7 Å². The molecule has 9 rings (SSSR count). The van der Waals surface area contributed by atoms with Crippen molar-refractivity contribution in [2.75, 3.05) is 57.3 Å². The van der Waals surface area contributed by atoms with E-state index in [-0.39, 0.29) is 33.8 Å². The molecule has 3 aromatic carbocycles. The number of aromatic nitrogens is 2. The number of rotatable bonds is 7. The minimum atomic E-state index is -0.829. The van der Waals surface area contributed by atoms with E-state index in [0.29, 0.717) is 64.7 Å². The number of piperidine rings is 1. The van der Waals surface area contributed by atoms with Crippen LogP contribution in [-0.2, 0) is 0 Å². The molecule has 2 atom stereocenters. The number of phenols is 1. The summed E-state index contributed by atoms with van der Waals surface area (Å²) < 4.78 is 39.6. The SMILES string of the molecule is C#Cc1cccc2cc(O)cc(-c3c(F)cc4c(N5CC6CCC(C5)N6)nc(OCC5(CN6CCC7(CC6)CNC7)CC5)nc4c3F)c12. The van der Waals surface area contributed by atoms with Gasteiger partial charge in [-0.2, -0.15) is 9.97 Å². The molecule has 1 aromatic heterocycles. The highest BCUT2D eigenvalue weighted by molar-refractivity contribution is 6.04. The van der Waals surface area contributed by atoms with E-state index in [1.807, 2.05) is 0 Å². The Bertz CT molecular complexity index is 1960. The maximum absolute atomic E-state index is 16.9. The number of terminal acetylenes is 1. The van der Waals surface area contributed by atoms with Crippen molar-refractivity contribution in [3.05, 3.63) is 53.6 Å². The maximum atomic E-state index is 16.9. The average molecular weight is 651 g/mol. The van der Waals surface area contributed by atoms with E-state index in [9.17, 15) is 5.11 Å². The summed E-state index contributed by atoms with van der Waals surface area (Å²) in [7, 11) is 0. The van der Waals surface area contributed by atoms with Crippen LogP contribution >= 0.6 is 0 Å². The van der Waals surface area contributed by atoms with Crippen molar-refractivity contribution in [3.8, 4) is 35.2 Å². The lowest BCUT2D eigenvalue weighted by molar-refractivity contribution is 0.0400. The Morgan fingerprint density at radius 3 is 2.48 bits per heavy atom. The molecule has 5 heterocycles. The highest BCUT2D eigenvalue weighted by Crippen LogP contribution is 2.48. The van der Waals surface area contributed by atoms with Crippen molar-refractivity contribution in [2.24, 2.45) is 10.8 Å². The van der Waals surface area contributed by atoms with Crippen LogP contribution in [0.25, 0.3) is 32.8 Å². The molecule has 2 bridgehead atoms. The molecule has 1 spiro atoms. The predicted molar refractivity (Wildman–Crippen MR) is 182 cm³/mol. The van der Waals surface area contributed by atoms with Crippen LogP contribution in [0.5, 0.6) is 11.8 Å². The smallest absolute Gasteiger partial charge is 0.319 e. The fourth-order valence-electron chi connectivity index (χ4n) is 8.65. The number of phenolic OH excluding ortho intramolecular Hbond substituents is 1. The number of benzene rings is 3. The van der Waals surface area contributed by atoms with E-state index < -0.39 is 11.6 Å². The summed E-state index contributed by atoms with van der Waals surface area (Å²) in [6, 6.07) is 10.2. The molecule has 248 valence electrons. The van der Waals surface area contributed by atoms with Gasteiger partial charge >= 0.3 is 6.01 Å². The summed E-state index contributed by atoms with van der Waals surface area (Å²) in [4.78, 5) is 14.2. The third kappa shape index (κ3) is 5.15. The number of ether oxygens (including phenoxy) is 1. The Labute approximate surface area is 278 Å². The van der Waals surface area contributed by atoms with Gasteiger partial charge < -0.3 is 30.3 Å². The van der Waals surface area contributed by atoms with Gasteiger partial charge in [0, 0.05) is 72.1 Å². The van der Waals surface area contributed by atoms with Crippen LogP contribution in [0.2, 0.25) is 0 Å². The first-order valence-corrected chi connectivity index (χ1v) is 17.3. The first kappa shape index (κ1) is 30.1. The topological polar surface area (TPSA) is 85.8 Å². The second-order valence-electron chi connectivity index (χ2n) is 15.0. The van der Waals surface area contributed by atoms with Crippen molar-refractivity contribution in [2.45, 2.75) is 50.6 Å². The third-order valence-electron chi connectivity index (χ3n) is 11.7. The number of nitrogens with zero attached hydrogens (tertiary/aromatic N) is 4. The normalized spacial score (nSPS) is 24.1. The number of piperazine rings is 1. The number of likely N-dealkylation sites (tertiary alicyclic amines) is 1. The number of anilines is 1. The zero-order valence-electron chi connectivity index (χ0n) is 27.0. The monoisotopic (exact) mass is 650 g/mol. The van der Waals surface area contributed by atoms with E-state index in [4.69, 9.17) is 16.1 Å². The van der Waals surface area contributed by atoms with E-state index in [0.717, 1.165) is 58.4 Å². The average Bonchev–Trinajstić information content (AvgIpc) is 3.76. The van der Waals surface area contributed by atoms with E-state index in [1.165, 1.54) is 25.0 Å². The molecule has 5 fully saturated rings. The lowest BCUT2D eigenvalue weighted by atomic mass is 9.73. The zero-order valence-corrected chi connectivity index (χ0v) is 27.0. The molecule has 10 heteroatoms. The maximum Gasteiger partial charge on any atom is 0.319 e. The molecule has 2 unspecified atom stereocenters. The summed E-state index contributed by atoms with van der Waals surface area (Å²) in [6.45, 7) is 7.29. The second kappa shape index (κ2) is 11.3. The summed E-state index contributed by atoms with van der Waals surface area (Å²) in [6.07, 6.45) is 12.5. The molecule has 3 N–H and O–H groups in total. The molecule has 4 aliphatic heterocycles. The molecule has 5 aliphatic rings. The largest absolute Gasteiger partial charge is 0.508 e. The second-order valence-corrected chi connectivity index (χ2v) is 15.0. The number of aromatic hydroxyl groups is 1. The first-order chi connectivity index (χ1) is 23.3. The van der Waals surface area contributed by atoms with Gasteiger partial charge in [0.25, 0.3) is 0 Å². The van der Waals surface area contributed by atoms with Gasteiger partial charge in [0.15, 0.2) is 5.82 Å². The fraction of sp³-hybridized carbons (Fsp3) is 0.474. The van der Waals surface area contributed by atoms with Gasteiger partial charge in [-0.1, -0.05) is 18.1 Å². The van der Waals surface area contributed by atoms with Crippen molar-refractivity contribution in [3.63, 3.8) is 0 Å². The molecule has 1 saturated carbocycles. The number of hydrogen-bond acceptors (Lipinski definition) is 8. The van der Waals surface area contributed by atoms with Crippen LogP contribution in [0, 0.1) is 34.8 Å². The Morgan fingerprint density at radius 2 is 1.79 bits per heavy atom. The Balaban J connectivity index is 1.09. The van der Waals surface area contributed by atoms with Gasteiger partial charge in [-0.15, -0.1) is 6.42 Å². The van der Waals surface area contributed by atoms with Gasteiger partial charge in [0.2, 0.25) is 0 Å². The highest BCUT2D eigenvalue weighted by Gasteiger charge is 2.47. The standard InChI is InChI=1S/C38H40F2N6O2/c1-2-23-4-3-5-24-14-27(47)15-28(31(23)24)32-30(39)16-29-34(33(32)40)43-36(44-35(29)46-17-25-6-7-26(18-46)42-25)48-22-38(8-9-38)21-45-12-10-37(11-13-45)19-41-20-37/h1,3-5,14-16,25-26,41-42,47H,6-13,17-22H2. The van der Waals surface area contributed by atoms with Crippen LogP contribution < -0.4 is 20.3 Å². The minimum absolute atomic E-state index is 0.00718. The molecule has 4 aromatic rings. The van der Waals surface area contributed by atoms with Crippen LogP contribution in [0.4, 0.5) is 14.6 Å². The van der Waals surface area contributed by atoms with Crippen LogP contribution in [0.3, 0.4) is 0 Å². The van der Waals surface area contributed by atoms with Gasteiger partial charge in [-0.25, -0.2) is 8.78 Å². The Kier molecular flexibility index (Phi) is 7.05. The van der Waals surface area contributed by atoms with Crippen LogP contribution in [0.1, 0.15) is 44.1 Å². The molecular weight excluding hydrogens is 610 g/mol. The molecule has 1 aliphatic carbocycles. The van der Waals surface area contributed by atoms with Crippen molar-refractivity contribution >= 4 is 27.5 Å². The highest BCUT2D eigenvalue weighted by atomic mass is 19.1. The summed E-state index contributed by atoms with van der Waals surface area (Å²) in [5.74, 6) is 1.41. The molecule has 0 radical (unpaired) electrons. The van der Waals surface area contributed by atoms with Crippen LogP contribution in [-0.4, -0.2) is 84.5 Å². The molecule has 0 amide bonds. The van der Waals surface area contributed by atoms with Gasteiger partial charge in [-0.3, -0.25) is 0 Å². The summed E-state index contributed by atoms with van der Waals surface area (Å²) >= 11 is 0. The van der Waals surface area contributed by atoms with Gasteiger partial charge in [0.1, 0.15) is 22.9 Å². The number of halogens is 2. The molecule has 48 heavy (non-hydrogen) atoms. The lowest BCUT2D eigenvalue weighted by Gasteiger charge is -2.48. The number of nitrogens with one attached hydrogen (secondary N) is 2. The molecular formula is C38H40F2N6O2.